The number of fused-ring (bicyclic) bond motifs is 1. The van der Waals surface area contributed by atoms with E-state index in [1.165, 1.54) is 0 Å². The maximum atomic E-state index is 4.73. The summed E-state index contributed by atoms with van der Waals surface area (Å²) in [6.45, 7) is 3.93. The molecule has 0 amide bonds. The first-order chi connectivity index (χ1) is 12.6. The molecule has 0 bridgehead atoms. The predicted octanol–water partition coefficient (Wildman–Crippen LogP) is 2.20. The molecule has 0 radical (unpaired) electrons. The van der Waals surface area contributed by atoms with Crippen LogP contribution in [-0.4, -0.2) is 39.6 Å². The Hall–Kier alpha value is -3.16. The molecule has 2 unspecified atom stereocenters. The van der Waals surface area contributed by atoms with Crippen molar-refractivity contribution < 1.29 is 0 Å². The molecule has 1 aliphatic carbocycles. The summed E-state index contributed by atoms with van der Waals surface area (Å²) < 4.78 is 3.69. The van der Waals surface area contributed by atoms with Gasteiger partial charge in [0.05, 0.1) is 17.1 Å². The fraction of sp³-hybridized carbons (Fsp3) is 0.333. The van der Waals surface area contributed by atoms with E-state index >= 15 is 0 Å². The summed E-state index contributed by atoms with van der Waals surface area (Å²) in [4.78, 5) is 8.60. The number of nitrogens with zero attached hydrogens (tertiary/aromatic N) is 8. The molecule has 0 aromatic carbocycles. The van der Waals surface area contributed by atoms with Crippen molar-refractivity contribution in [1.29, 1.82) is 0 Å². The van der Waals surface area contributed by atoms with E-state index in [1.54, 1.807) is 16.9 Å². The van der Waals surface area contributed by atoms with Crippen LogP contribution in [-0.2, 0) is 7.05 Å². The van der Waals surface area contributed by atoms with Crippen LogP contribution >= 0.6 is 0 Å². The molecular weight excluding hydrogens is 328 g/mol. The van der Waals surface area contributed by atoms with Gasteiger partial charge in [-0.05, 0) is 38.0 Å². The van der Waals surface area contributed by atoms with Gasteiger partial charge in [0, 0.05) is 37.5 Å². The molecule has 4 heterocycles. The zero-order valence-electron chi connectivity index (χ0n) is 14.8. The van der Waals surface area contributed by atoms with Gasteiger partial charge in [-0.1, -0.05) is 0 Å². The Bertz CT molecular complexity index is 1110. The molecule has 2 atom stereocenters. The first-order valence-electron chi connectivity index (χ1n) is 8.61. The molecule has 1 saturated carbocycles. The first kappa shape index (κ1) is 15.1. The lowest BCUT2D eigenvalue weighted by Gasteiger charge is -2.04. The predicted molar refractivity (Wildman–Crippen MR) is 94.6 cm³/mol. The van der Waals surface area contributed by atoms with Gasteiger partial charge in [-0.25, -0.2) is 0 Å². The monoisotopic (exact) mass is 346 g/mol. The highest BCUT2D eigenvalue weighted by atomic mass is 15.4. The zero-order valence-corrected chi connectivity index (χ0v) is 14.8. The van der Waals surface area contributed by atoms with E-state index < -0.39 is 0 Å². The lowest BCUT2D eigenvalue weighted by molar-refractivity contribution is 0.740. The Balaban J connectivity index is 1.51. The molecule has 0 aliphatic heterocycles. The maximum Gasteiger partial charge on any atom is 0.180 e. The zero-order chi connectivity index (χ0) is 17.8. The summed E-state index contributed by atoms with van der Waals surface area (Å²) in [5, 5.41) is 17.7. The van der Waals surface area contributed by atoms with Gasteiger partial charge in [0.2, 0.25) is 0 Å². The van der Waals surface area contributed by atoms with Crippen LogP contribution in [0.15, 0.2) is 30.7 Å². The Kier molecular flexibility index (Phi) is 3.15. The summed E-state index contributed by atoms with van der Waals surface area (Å²) >= 11 is 0. The number of hydrogen-bond acceptors (Lipinski definition) is 6. The van der Waals surface area contributed by atoms with E-state index in [0.29, 0.717) is 11.8 Å². The van der Waals surface area contributed by atoms with Gasteiger partial charge in [0.25, 0.3) is 0 Å². The fourth-order valence-corrected chi connectivity index (χ4v) is 3.52. The Morgan fingerprint density at radius 1 is 1.00 bits per heavy atom. The first-order valence-corrected chi connectivity index (χ1v) is 8.61. The quantitative estimate of drug-likeness (QED) is 0.565. The molecule has 8 nitrogen and oxygen atoms in total. The van der Waals surface area contributed by atoms with Gasteiger partial charge in [-0.2, -0.15) is 14.7 Å². The van der Waals surface area contributed by atoms with Gasteiger partial charge >= 0.3 is 0 Å². The van der Waals surface area contributed by atoms with Crippen molar-refractivity contribution in [2.45, 2.75) is 32.1 Å². The van der Waals surface area contributed by atoms with E-state index in [0.717, 1.165) is 46.2 Å². The Labute approximate surface area is 149 Å². The highest BCUT2D eigenvalue weighted by Gasteiger charge is 2.42. The molecule has 0 spiro atoms. The summed E-state index contributed by atoms with van der Waals surface area (Å²) in [6, 6.07) is 4.17. The number of rotatable bonds is 3. The summed E-state index contributed by atoms with van der Waals surface area (Å²) in [5.74, 6) is 1.58. The largest absolute Gasteiger partial charge is 0.266 e. The summed E-state index contributed by atoms with van der Waals surface area (Å²) in [7, 11) is 1.96. The van der Waals surface area contributed by atoms with Crippen molar-refractivity contribution in [1.82, 2.24) is 39.6 Å². The van der Waals surface area contributed by atoms with E-state index in [-0.39, 0.29) is 0 Å². The van der Waals surface area contributed by atoms with Crippen LogP contribution in [0.3, 0.4) is 0 Å². The lowest BCUT2D eigenvalue weighted by atomic mass is 10.1. The molecule has 26 heavy (non-hydrogen) atoms. The SMILES string of the molecule is Cc1cc(-c2cc(C3CC3c3cnccn3)nn2C)nn2c(C)nnc12. The van der Waals surface area contributed by atoms with Crippen LogP contribution in [0.25, 0.3) is 17.0 Å². The minimum Gasteiger partial charge on any atom is -0.266 e. The van der Waals surface area contributed by atoms with E-state index in [1.807, 2.05) is 37.8 Å². The second-order valence-corrected chi connectivity index (χ2v) is 6.85. The molecule has 130 valence electrons. The minimum absolute atomic E-state index is 0.396. The van der Waals surface area contributed by atoms with Crippen molar-refractivity contribution in [3.8, 4) is 11.4 Å². The van der Waals surface area contributed by atoms with Crippen molar-refractivity contribution in [2.75, 3.05) is 0 Å². The topological polar surface area (TPSA) is 86.7 Å². The smallest absolute Gasteiger partial charge is 0.180 e. The molecule has 8 heteroatoms. The van der Waals surface area contributed by atoms with Crippen LogP contribution in [0.1, 0.15) is 41.0 Å². The van der Waals surface area contributed by atoms with Crippen molar-refractivity contribution in [3.05, 3.63) is 53.5 Å². The van der Waals surface area contributed by atoms with Crippen molar-refractivity contribution in [2.24, 2.45) is 7.05 Å². The standard InChI is InChI=1S/C18H18N8/c1-10-6-15(24-26-11(2)21-22-18(10)26)17-8-14(23-25(17)3)12-7-13(12)16-9-19-4-5-20-16/h4-6,8-9,12-13H,7H2,1-3H3. The third kappa shape index (κ3) is 2.29. The molecule has 1 fully saturated rings. The average Bonchev–Trinajstić information content (AvgIpc) is 3.23. The van der Waals surface area contributed by atoms with Gasteiger partial charge in [0.1, 0.15) is 5.69 Å². The molecule has 4 aromatic heterocycles. The molecule has 4 aromatic rings. The highest BCUT2D eigenvalue weighted by Crippen LogP contribution is 2.53. The average molecular weight is 346 g/mol. The number of aryl methyl sites for hydroxylation is 3. The minimum atomic E-state index is 0.396. The number of hydrogen-bond donors (Lipinski definition) is 0. The van der Waals surface area contributed by atoms with Crippen molar-refractivity contribution in [3.63, 3.8) is 0 Å². The van der Waals surface area contributed by atoms with Gasteiger partial charge in [0.15, 0.2) is 11.5 Å². The molecule has 0 N–H and O–H groups in total. The van der Waals surface area contributed by atoms with Gasteiger partial charge in [-0.3, -0.25) is 14.6 Å². The molecule has 1 aliphatic rings. The third-order valence-corrected chi connectivity index (χ3v) is 5.00. The van der Waals surface area contributed by atoms with Crippen LogP contribution in [0.2, 0.25) is 0 Å². The molecular formula is C18H18N8. The Morgan fingerprint density at radius 3 is 2.65 bits per heavy atom. The second-order valence-electron chi connectivity index (χ2n) is 6.85. The molecule has 5 rings (SSSR count). The normalized spacial score (nSPS) is 19.2. The van der Waals surface area contributed by atoms with Crippen LogP contribution in [0.5, 0.6) is 0 Å². The summed E-state index contributed by atoms with van der Waals surface area (Å²) in [5.41, 5.74) is 5.82. The van der Waals surface area contributed by atoms with Crippen LogP contribution in [0.4, 0.5) is 0 Å². The summed E-state index contributed by atoms with van der Waals surface area (Å²) in [6.07, 6.45) is 6.36. The van der Waals surface area contributed by atoms with Crippen LogP contribution < -0.4 is 0 Å². The van der Waals surface area contributed by atoms with E-state index in [2.05, 4.69) is 26.2 Å². The maximum absolute atomic E-state index is 4.73. The number of aromatic nitrogens is 8. The van der Waals surface area contributed by atoms with E-state index in [9.17, 15) is 0 Å². The van der Waals surface area contributed by atoms with Crippen LogP contribution in [0, 0.1) is 13.8 Å². The molecule has 0 saturated heterocycles. The third-order valence-electron chi connectivity index (χ3n) is 5.00. The van der Waals surface area contributed by atoms with E-state index in [4.69, 9.17) is 10.2 Å². The second kappa shape index (κ2) is 5.42. The van der Waals surface area contributed by atoms with Gasteiger partial charge < -0.3 is 0 Å². The Morgan fingerprint density at radius 2 is 1.85 bits per heavy atom. The highest BCUT2D eigenvalue weighted by molar-refractivity contribution is 5.60. The fourth-order valence-electron chi connectivity index (χ4n) is 3.52. The van der Waals surface area contributed by atoms with Gasteiger partial charge in [-0.15, -0.1) is 10.2 Å². The van der Waals surface area contributed by atoms with Crippen molar-refractivity contribution >= 4 is 5.65 Å². The lowest BCUT2D eigenvalue weighted by Crippen LogP contribution is -2.02.